The third-order valence-electron chi connectivity index (χ3n) is 8.83. The van der Waals surface area contributed by atoms with Gasteiger partial charge in [-0.05, 0) is 61.9 Å². The maximum atomic E-state index is 13.7. The smallest absolute Gasteiger partial charge is 0.256 e. The summed E-state index contributed by atoms with van der Waals surface area (Å²) in [5.74, 6) is -0.0528. The molecular weight excluding hydrogens is 516 g/mol. The minimum Gasteiger partial charge on any atom is -0.390 e. The SMILES string of the molecule is CCN1CCN(CC(O)C2Cc3ccccc3CN2)C(=O)c2ccc(C(=O)N3C4CCCC3COC4)cc21.Cl. The highest BCUT2D eigenvalue weighted by Crippen LogP contribution is 2.32. The van der Waals surface area contributed by atoms with Crippen LogP contribution in [0.15, 0.2) is 42.5 Å². The van der Waals surface area contributed by atoms with Crippen molar-refractivity contribution in [3.8, 4) is 0 Å². The maximum Gasteiger partial charge on any atom is 0.256 e. The van der Waals surface area contributed by atoms with Crippen molar-refractivity contribution in [3.63, 3.8) is 0 Å². The number of hydrogen-bond donors (Lipinski definition) is 2. The van der Waals surface area contributed by atoms with Crippen LogP contribution in [0.4, 0.5) is 5.69 Å². The molecule has 4 aliphatic heterocycles. The van der Waals surface area contributed by atoms with Crippen LogP contribution in [0.5, 0.6) is 0 Å². The Morgan fingerprint density at radius 2 is 1.79 bits per heavy atom. The normalized spacial score (nSPS) is 25.2. The summed E-state index contributed by atoms with van der Waals surface area (Å²) in [5.41, 5.74) is 4.55. The number of hydrogen-bond acceptors (Lipinski definition) is 6. The molecular formula is C30H39ClN4O4. The molecule has 4 atom stereocenters. The van der Waals surface area contributed by atoms with E-state index in [4.69, 9.17) is 4.74 Å². The Balaban J connectivity index is 0.00000308. The number of rotatable bonds is 5. The second kappa shape index (κ2) is 11.8. The van der Waals surface area contributed by atoms with E-state index in [2.05, 4.69) is 29.3 Å². The standard InChI is InChI=1S/C30H38N4O4.ClH/c1-2-32-12-13-33(17-28(35)26-14-20-6-3-4-7-22(20)16-31-26)30(37)25-11-10-21(15-27(25)32)29(36)34-23-8-5-9-24(34)19-38-18-23;/h3-4,6-7,10-11,15,23-24,26,28,31,35H,2,5,8-9,12-14,16-19H2,1H3;1H. The first-order chi connectivity index (χ1) is 18.5. The molecule has 0 aromatic heterocycles. The van der Waals surface area contributed by atoms with Gasteiger partial charge in [-0.25, -0.2) is 0 Å². The second-order valence-corrected chi connectivity index (χ2v) is 11.1. The average molecular weight is 555 g/mol. The van der Waals surface area contributed by atoms with Crippen LogP contribution >= 0.6 is 12.4 Å². The molecule has 2 amide bonds. The number of nitrogens with one attached hydrogen (secondary N) is 1. The van der Waals surface area contributed by atoms with Crippen molar-refractivity contribution in [2.24, 2.45) is 0 Å². The van der Waals surface area contributed by atoms with E-state index in [1.807, 2.05) is 29.2 Å². The number of likely N-dealkylation sites (N-methyl/N-ethyl adjacent to an activating group) is 1. The third kappa shape index (κ3) is 5.40. The molecule has 0 aliphatic carbocycles. The van der Waals surface area contributed by atoms with Gasteiger partial charge >= 0.3 is 0 Å². The zero-order chi connectivity index (χ0) is 26.2. The average Bonchev–Trinajstić information content (AvgIpc) is 3.07. The first-order valence-electron chi connectivity index (χ1n) is 14.1. The lowest BCUT2D eigenvalue weighted by atomic mass is 9.92. The number of anilines is 1. The summed E-state index contributed by atoms with van der Waals surface area (Å²) in [5, 5.41) is 14.6. The minimum absolute atomic E-state index is 0. The molecule has 0 spiro atoms. The number of ether oxygens (including phenoxy) is 1. The molecule has 2 N–H and O–H groups in total. The van der Waals surface area contributed by atoms with Crippen LogP contribution in [0.2, 0.25) is 0 Å². The number of aliphatic hydroxyl groups excluding tert-OH is 1. The van der Waals surface area contributed by atoms with Gasteiger partial charge in [-0.15, -0.1) is 12.4 Å². The molecule has 4 heterocycles. The predicted molar refractivity (Wildman–Crippen MR) is 153 cm³/mol. The number of piperidine rings is 1. The van der Waals surface area contributed by atoms with Crippen LogP contribution in [0.3, 0.4) is 0 Å². The zero-order valence-electron chi connectivity index (χ0n) is 22.6. The number of β-amino-alcohol motifs (C(OH)–C–C–N with tert-alkyl or cyclic N) is 1. The van der Waals surface area contributed by atoms with E-state index in [1.165, 1.54) is 11.1 Å². The molecule has 2 fully saturated rings. The Bertz CT molecular complexity index is 1190. The van der Waals surface area contributed by atoms with Gasteiger partial charge in [-0.1, -0.05) is 24.3 Å². The number of fused-ring (bicyclic) bond motifs is 4. The molecule has 2 aromatic carbocycles. The highest BCUT2D eigenvalue weighted by atomic mass is 35.5. The van der Waals surface area contributed by atoms with Crippen molar-refractivity contribution in [1.29, 1.82) is 0 Å². The number of benzene rings is 2. The van der Waals surface area contributed by atoms with Gasteiger partial charge in [0.25, 0.3) is 11.8 Å². The Hall–Kier alpha value is -2.65. The summed E-state index contributed by atoms with van der Waals surface area (Å²) in [7, 11) is 0. The summed E-state index contributed by atoms with van der Waals surface area (Å²) >= 11 is 0. The Kier molecular flexibility index (Phi) is 8.47. The van der Waals surface area contributed by atoms with Crippen LogP contribution in [0.1, 0.15) is 58.0 Å². The van der Waals surface area contributed by atoms with Crippen molar-refractivity contribution in [3.05, 3.63) is 64.7 Å². The molecule has 8 nitrogen and oxygen atoms in total. The number of aliphatic hydroxyl groups is 1. The number of carbonyl (C=O) groups excluding carboxylic acids is 2. The Morgan fingerprint density at radius 3 is 2.54 bits per heavy atom. The van der Waals surface area contributed by atoms with Crippen LogP contribution < -0.4 is 10.2 Å². The van der Waals surface area contributed by atoms with Gasteiger partial charge < -0.3 is 29.9 Å². The minimum atomic E-state index is -0.675. The highest BCUT2D eigenvalue weighted by Gasteiger charge is 2.39. The van der Waals surface area contributed by atoms with Crippen LogP contribution in [-0.4, -0.2) is 90.3 Å². The van der Waals surface area contributed by atoms with Crippen LogP contribution in [0.25, 0.3) is 0 Å². The van der Waals surface area contributed by atoms with Crippen molar-refractivity contribution >= 4 is 29.9 Å². The van der Waals surface area contributed by atoms with Crippen molar-refractivity contribution in [1.82, 2.24) is 15.1 Å². The Labute approximate surface area is 236 Å². The van der Waals surface area contributed by atoms with Gasteiger partial charge in [0.1, 0.15) is 0 Å². The van der Waals surface area contributed by atoms with Gasteiger partial charge in [0.15, 0.2) is 0 Å². The fourth-order valence-corrected chi connectivity index (χ4v) is 6.66. The zero-order valence-corrected chi connectivity index (χ0v) is 23.4. The Morgan fingerprint density at radius 1 is 1.08 bits per heavy atom. The van der Waals surface area contributed by atoms with E-state index in [0.717, 1.165) is 44.5 Å². The van der Waals surface area contributed by atoms with Crippen LogP contribution in [0, 0.1) is 0 Å². The van der Waals surface area contributed by atoms with Gasteiger partial charge in [0, 0.05) is 44.3 Å². The lowest BCUT2D eigenvalue weighted by Gasteiger charge is -2.45. The van der Waals surface area contributed by atoms with Gasteiger partial charge in [-0.2, -0.15) is 0 Å². The summed E-state index contributed by atoms with van der Waals surface area (Å²) < 4.78 is 5.74. The summed E-state index contributed by atoms with van der Waals surface area (Å²) in [6.45, 7) is 6.19. The largest absolute Gasteiger partial charge is 0.390 e. The molecule has 0 saturated carbocycles. The summed E-state index contributed by atoms with van der Waals surface area (Å²) in [4.78, 5) is 33.3. The molecule has 2 saturated heterocycles. The van der Waals surface area contributed by atoms with E-state index in [1.54, 1.807) is 11.0 Å². The van der Waals surface area contributed by atoms with Crippen molar-refractivity contribution < 1.29 is 19.4 Å². The maximum absolute atomic E-state index is 13.7. The first kappa shape index (κ1) is 27.9. The van der Waals surface area contributed by atoms with Crippen molar-refractivity contribution in [2.75, 3.05) is 44.3 Å². The molecule has 2 aromatic rings. The number of halogens is 1. The molecule has 210 valence electrons. The van der Waals surface area contributed by atoms with Gasteiger partial charge in [0.05, 0.1) is 42.7 Å². The monoisotopic (exact) mass is 554 g/mol. The topological polar surface area (TPSA) is 85.3 Å². The molecule has 9 heteroatoms. The van der Waals surface area contributed by atoms with E-state index >= 15 is 0 Å². The highest BCUT2D eigenvalue weighted by molar-refractivity contribution is 6.03. The van der Waals surface area contributed by atoms with E-state index < -0.39 is 6.10 Å². The third-order valence-corrected chi connectivity index (χ3v) is 8.83. The predicted octanol–water partition coefficient (Wildman–Crippen LogP) is 2.86. The molecule has 4 unspecified atom stereocenters. The van der Waals surface area contributed by atoms with Crippen molar-refractivity contribution in [2.45, 2.75) is 63.4 Å². The number of amides is 2. The summed E-state index contributed by atoms with van der Waals surface area (Å²) in [6.07, 6.45) is 3.16. The molecule has 39 heavy (non-hydrogen) atoms. The lowest BCUT2D eigenvalue weighted by molar-refractivity contribution is -0.0565. The number of nitrogens with zero attached hydrogens (tertiary/aromatic N) is 3. The quantitative estimate of drug-likeness (QED) is 0.591. The second-order valence-electron chi connectivity index (χ2n) is 11.1. The number of carbonyl (C=O) groups is 2. The van der Waals surface area contributed by atoms with Crippen LogP contribution in [-0.2, 0) is 17.7 Å². The van der Waals surface area contributed by atoms with E-state index in [0.29, 0.717) is 37.4 Å². The van der Waals surface area contributed by atoms with E-state index in [-0.39, 0.29) is 48.9 Å². The van der Waals surface area contributed by atoms with Gasteiger partial charge in [0.2, 0.25) is 0 Å². The molecule has 4 aliphatic rings. The fraction of sp³-hybridized carbons (Fsp3) is 0.533. The van der Waals surface area contributed by atoms with E-state index in [9.17, 15) is 14.7 Å². The van der Waals surface area contributed by atoms with Gasteiger partial charge in [-0.3, -0.25) is 9.59 Å². The first-order valence-corrected chi connectivity index (χ1v) is 14.1. The fourth-order valence-electron chi connectivity index (χ4n) is 6.66. The molecule has 0 radical (unpaired) electrons. The number of morpholine rings is 1. The lowest BCUT2D eigenvalue weighted by Crippen LogP contribution is -2.57. The molecule has 6 rings (SSSR count). The summed E-state index contributed by atoms with van der Waals surface area (Å²) in [6, 6.07) is 14.0. The molecule has 2 bridgehead atoms.